The summed E-state index contributed by atoms with van der Waals surface area (Å²) in [6, 6.07) is 66.8. The Hall–Kier alpha value is -6.56. The van der Waals surface area contributed by atoms with Gasteiger partial charge < -0.3 is 40.9 Å². The summed E-state index contributed by atoms with van der Waals surface area (Å²) < 4.78 is 0. The van der Waals surface area contributed by atoms with Crippen LogP contribution in [-0.4, -0.2) is 40.9 Å². The molecule has 8 aromatic carbocycles. The van der Waals surface area contributed by atoms with Crippen LogP contribution in [0.2, 0.25) is 0 Å². The molecule has 0 aliphatic rings. The molecule has 8 N–H and O–H groups in total. The summed E-state index contributed by atoms with van der Waals surface area (Å²) >= 11 is 0. The molecule has 15 unspecified atom stereocenters. The second-order valence-electron chi connectivity index (χ2n) is 35.7. The van der Waals surface area contributed by atoms with Crippen LogP contribution in [0.4, 0.5) is 0 Å². The van der Waals surface area contributed by atoms with Crippen molar-refractivity contribution in [2.24, 2.45) is 11.8 Å². The predicted molar refractivity (Wildman–Crippen MR) is 511 cm³/mol. The molecular formula is C110H172O8. The van der Waals surface area contributed by atoms with Crippen molar-refractivity contribution in [1.82, 2.24) is 0 Å². The first kappa shape index (κ1) is 109. The van der Waals surface area contributed by atoms with Crippen molar-refractivity contribution < 1.29 is 40.9 Å². The number of benzene rings is 8. The SMILES string of the molecule is CCC(C)c1ccc(C(C)(C)O)cc1.CCC(C)c1ccc(C(C)(O)C(C)C)cc1.CCC(C)c1ccc(C(C)(O)CC)cc1.CCC(C)c1ccc(C(C)O)cc1.CCC(C)c1ccc(C(O)C(C)C)cc1.CCC(C)c1ccc(C(O)CC)cc1.CCCC(C)(O)c1ccc(C(C)CC)cc1.CCCC(O)c1ccc(C(C)CC)cc1. The van der Waals surface area contributed by atoms with Crippen LogP contribution < -0.4 is 0 Å². The predicted octanol–water partition coefficient (Wildman–Crippen LogP) is 30.3. The largest absolute Gasteiger partial charge is 0.389 e. The van der Waals surface area contributed by atoms with E-state index in [9.17, 15) is 40.9 Å². The topological polar surface area (TPSA) is 162 Å². The monoisotopic (exact) mass is 1620 g/mol. The second kappa shape index (κ2) is 56.2. The Morgan fingerprint density at radius 1 is 0.246 bits per heavy atom. The summed E-state index contributed by atoms with van der Waals surface area (Å²) in [5.41, 5.74) is 16.1. The molecule has 15 atom stereocenters. The third-order valence-corrected chi connectivity index (χ3v) is 25.1. The maximum atomic E-state index is 10.3. The highest BCUT2D eigenvalue weighted by Crippen LogP contribution is 2.34. The summed E-state index contributed by atoms with van der Waals surface area (Å²) in [4.78, 5) is 0. The molecule has 8 aromatic rings. The fourth-order valence-electron chi connectivity index (χ4n) is 13.0. The van der Waals surface area contributed by atoms with E-state index in [-0.39, 0.29) is 36.3 Å². The lowest BCUT2D eigenvalue weighted by Crippen LogP contribution is -2.27. The van der Waals surface area contributed by atoms with E-state index in [1.165, 1.54) is 44.5 Å². The van der Waals surface area contributed by atoms with Gasteiger partial charge in [-0.2, -0.15) is 0 Å². The molecule has 0 aromatic heterocycles. The molecule has 0 amide bonds. The van der Waals surface area contributed by atoms with E-state index in [1.807, 2.05) is 137 Å². The van der Waals surface area contributed by atoms with Gasteiger partial charge in [-0.25, -0.2) is 0 Å². The third-order valence-electron chi connectivity index (χ3n) is 25.1. The first-order valence-electron chi connectivity index (χ1n) is 45.9. The minimum atomic E-state index is -0.728. The van der Waals surface area contributed by atoms with Crippen molar-refractivity contribution in [2.45, 2.75) is 392 Å². The van der Waals surface area contributed by atoms with Crippen molar-refractivity contribution in [3.63, 3.8) is 0 Å². The lowest BCUT2D eigenvalue weighted by Gasteiger charge is -2.28. The smallest absolute Gasteiger partial charge is 0.0891 e. The number of aliphatic hydroxyl groups excluding tert-OH is 4. The van der Waals surface area contributed by atoms with Crippen molar-refractivity contribution >= 4 is 0 Å². The molecule has 0 saturated carbocycles. The molecule has 660 valence electrons. The van der Waals surface area contributed by atoms with Gasteiger partial charge in [0.25, 0.3) is 0 Å². The van der Waals surface area contributed by atoms with Gasteiger partial charge in [-0.15, -0.1) is 0 Å². The molecule has 0 saturated heterocycles. The fourth-order valence-corrected chi connectivity index (χ4v) is 13.0. The lowest BCUT2D eigenvalue weighted by atomic mass is 9.84. The van der Waals surface area contributed by atoms with Gasteiger partial charge in [-0.1, -0.05) is 373 Å². The molecule has 0 heterocycles. The van der Waals surface area contributed by atoms with E-state index in [2.05, 4.69) is 258 Å². The highest BCUT2D eigenvalue weighted by atomic mass is 16.3. The Balaban J connectivity index is 0.000000675. The first-order valence-corrected chi connectivity index (χ1v) is 45.9. The Labute approximate surface area is 723 Å². The van der Waals surface area contributed by atoms with Gasteiger partial charge in [0.05, 0.1) is 46.8 Å². The fraction of sp³-hybridized carbons (Fsp3) is 0.564. The van der Waals surface area contributed by atoms with Gasteiger partial charge in [-0.05, 0) is 267 Å². The standard InChI is InChI=1S/2C15H24O.3C14H22O.2C13H20O.C12H18O/c1-6-12(4)13-7-9-14(10-8-13)15(5,16)11(2)3;1-5-11-15(4,16)14-9-7-13(8-10-14)12(3)6-2;1-5-11(4)12-6-8-13(9-7-12)14(15)10(2)3;1-5-11(3)12-7-9-13(10-8-12)14(4,15)6-2;1-4-6-14(15)13-9-7-12(8-10-13)11(3)5-2;1-5-10(2)11-6-8-12(9-7-11)13(3,4)14;1-4-10(3)11-6-8-12(9-7-11)13(14)5-2;1-4-9(2)11-5-7-12(8-6-11)10(3)13/h7-12,16H,6H2,1-5H3;7-10,12,16H,5-6,11H2,1-4H3;6-11,14-15H,5H2,1-4H3;7-11,15H,5-6H2,1-4H3;7-11,14-15H,4-6H2,1-3H3;6-10,14H,5H2,1-4H3;6-10,13-14H,4-5H2,1-3H3;5-10,13H,4H2,1-3H3. The van der Waals surface area contributed by atoms with Crippen LogP contribution in [0, 0.1) is 11.8 Å². The first-order chi connectivity index (χ1) is 55.4. The van der Waals surface area contributed by atoms with Crippen LogP contribution >= 0.6 is 0 Å². The zero-order chi connectivity index (χ0) is 89.8. The van der Waals surface area contributed by atoms with Gasteiger partial charge in [-0.3, -0.25) is 0 Å². The Morgan fingerprint density at radius 2 is 0.475 bits per heavy atom. The van der Waals surface area contributed by atoms with Gasteiger partial charge >= 0.3 is 0 Å². The minimum absolute atomic E-state index is 0.224. The molecule has 0 fully saturated rings. The summed E-state index contributed by atoms with van der Waals surface area (Å²) in [7, 11) is 0. The van der Waals surface area contributed by atoms with E-state index in [1.54, 1.807) is 6.92 Å². The molecule has 118 heavy (non-hydrogen) atoms. The van der Waals surface area contributed by atoms with E-state index in [0.29, 0.717) is 47.3 Å². The molecule has 0 bridgehead atoms. The molecule has 8 heteroatoms. The number of aliphatic hydroxyl groups is 8. The third kappa shape index (κ3) is 38.2. The Bertz CT molecular complexity index is 3780. The van der Waals surface area contributed by atoms with Gasteiger partial charge in [0.15, 0.2) is 0 Å². The van der Waals surface area contributed by atoms with Crippen LogP contribution in [0.25, 0.3) is 0 Å². The quantitative estimate of drug-likeness (QED) is 0.0207. The Morgan fingerprint density at radius 3 is 0.695 bits per heavy atom. The lowest BCUT2D eigenvalue weighted by molar-refractivity contribution is 0.00902. The molecule has 0 aliphatic carbocycles. The highest BCUT2D eigenvalue weighted by Gasteiger charge is 2.28. The van der Waals surface area contributed by atoms with Crippen LogP contribution in [0.5, 0.6) is 0 Å². The molecular weight excluding hydrogens is 1450 g/mol. The molecule has 0 spiro atoms. The molecule has 0 aliphatic heterocycles. The van der Waals surface area contributed by atoms with Crippen molar-refractivity contribution in [2.75, 3.05) is 0 Å². The van der Waals surface area contributed by atoms with E-state index >= 15 is 0 Å². The number of rotatable bonds is 32. The maximum absolute atomic E-state index is 10.3. The summed E-state index contributed by atoms with van der Waals surface area (Å²) in [6.45, 7) is 62.8. The molecule has 0 radical (unpaired) electrons. The average molecular weight is 1620 g/mol. The van der Waals surface area contributed by atoms with Crippen LogP contribution in [0.15, 0.2) is 194 Å². The van der Waals surface area contributed by atoms with E-state index in [4.69, 9.17) is 0 Å². The Kier molecular flexibility index (Phi) is 52.1. The van der Waals surface area contributed by atoms with Crippen molar-refractivity contribution in [1.29, 1.82) is 0 Å². The van der Waals surface area contributed by atoms with Crippen LogP contribution in [-0.2, 0) is 22.4 Å². The normalized spacial score (nSPS) is 15.8. The summed E-state index contributed by atoms with van der Waals surface area (Å²) in [5.74, 6) is 5.35. The summed E-state index contributed by atoms with van der Waals surface area (Å²) in [6.07, 6.45) is 13.2. The number of hydrogen-bond donors (Lipinski definition) is 8. The van der Waals surface area contributed by atoms with Crippen molar-refractivity contribution in [3.8, 4) is 0 Å². The van der Waals surface area contributed by atoms with Crippen LogP contribution in [0.3, 0.4) is 0 Å². The zero-order valence-corrected chi connectivity index (χ0v) is 80.0. The number of hydrogen-bond acceptors (Lipinski definition) is 8. The van der Waals surface area contributed by atoms with E-state index in [0.717, 1.165) is 134 Å². The molecule has 8 rings (SSSR count). The van der Waals surface area contributed by atoms with Crippen LogP contribution in [0.1, 0.15) is 458 Å². The average Bonchev–Trinajstić information content (AvgIpc) is 0.823. The summed E-state index contributed by atoms with van der Waals surface area (Å²) in [5, 5.41) is 79.1. The van der Waals surface area contributed by atoms with Gasteiger partial charge in [0.1, 0.15) is 0 Å². The second-order valence-corrected chi connectivity index (χ2v) is 35.7. The van der Waals surface area contributed by atoms with E-state index < -0.39 is 22.4 Å². The highest BCUT2D eigenvalue weighted by molar-refractivity contribution is 5.34. The van der Waals surface area contributed by atoms with Gasteiger partial charge in [0.2, 0.25) is 0 Å². The maximum Gasteiger partial charge on any atom is 0.0891 e. The van der Waals surface area contributed by atoms with Crippen molar-refractivity contribution in [3.05, 3.63) is 283 Å². The minimum Gasteiger partial charge on any atom is -0.389 e. The molecule has 8 nitrogen and oxygen atoms in total. The van der Waals surface area contributed by atoms with Gasteiger partial charge in [0, 0.05) is 0 Å². The zero-order valence-electron chi connectivity index (χ0n) is 80.0.